The van der Waals surface area contributed by atoms with Crippen molar-refractivity contribution >= 4 is 6.09 Å². The number of rotatable bonds is 1. The number of nitrogens with two attached hydrogens (primary N) is 1. The monoisotopic (exact) mass is 263 g/mol. The summed E-state index contributed by atoms with van der Waals surface area (Å²) in [5.41, 5.74) is 6.78. The van der Waals surface area contributed by atoms with Gasteiger partial charge in [0.25, 0.3) is 0 Å². The Morgan fingerprint density at radius 3 is 2.58 bits per heavy atom. The molecule has 5 heteroatoms. The Labute approximate surface area is 113 Å². The van der Waals surface area contributed by atoms with E-state index in [1.54, 1.807) is 17.3 Å². The van der Waals surface area contributed by atoms with Crippen LogP contribution in [0.3, 0.4) is 0 Å². The van der Waals surface area contributed by atoms with Gasteiger partial charge in [0.15, 0.2) is 0 Å². The molecule has 1 aliphatic heterocycles. The Morgan fingerprint density at radius 1 is 1.37 bits per heavy atom. The SMILES string of the molecule is CC(C)(C)OC(=O)N1CC(N)C(c2ccncc2)C1. The number of pyridine rings is 1. The molecule has 1 aromatic rings. The zero-order valence-corrected chi connectivity index (χ0v) is 11.7. The Hall–Kier alpha value is -1.62. The minimum Gasteiger partial charge on any atom is -0.444 e. The van der Waals surface area contributed by atoms with Crippen LogP contribution in [0.15, 0.2) is 24.5 Å². The summed E-state index contributed by atoms with van der Waals surface area (Å²) < 4.78 is 5.37. The first-order chi connectivity index (χ1) is 8.87. The molecule has 2 atom stereocenters. The van der Waals surface area contributed by atoms with E-state index < -0.39 is 5.60 Å². The maximum Gasteiger partial charge on any atom is 0.410 e. The zero-order valence-electron chi connectivity index (χ0n) is 11.7. The molecule has 1 amide bonds. The molecule has 2 rings (SSSR count). The van der Waals surface area contributed by atoms with Gasteiger partial charge in [0.2, 0.25) is 0 Å². The number of aromatic nitrogens is 1. The fraction of sp³-hybridized carbons (Fsp3) is 0.571. The molecule has 0 saturated carbocycles. The van der Waals surface area contributed by atoms with Gasteiger partial charge in [-0.15, -0.1) is 0 Å². The average Bonchev–Trinajstić information content (AvgIpc) is 2.70. The minimum absolute atomic E-state index is 0.0603. The largest absolute Gasteiger partial charge is 0.444 e. The van der Waals surface area contributed by atoms with E-state index in [1.807, 2.05) is 32.9 Å². The number of carbonyl (C=O) groups excluding carboxylic acids is 1. The molecule has 5 nitrogen and oxygen atoms in total. The lowest BCUT2D eigenvalue weighted by atomic mass is 9.96. The summed E-state index contributed by atoms with van der Waals surface area (Å²) in [7, 11) is 0. The Morgan fingerprint density at radius 2 is 2.00 bits per heavy atom. The molecule has 0 spiro atoms. The molecule has 1 saturated heterocycles. The highest BCUT2D eigenvalue weighted by Gasteiger charge is 2.35. The summed E-state index contributed by atoms with van der Waals surface area (Å²) in [5, 5.41) is 0. The van der Waals surface area contributed by atoms with Crippen LogP contribution in [0.2, 0.25) is 0 Å². The number of nitrogens with zero attached hydrogens (tertiary/aromatic N) is 2. The minimum atomic E-state index is -0.476. The normalized spacial score (nSPS) is 23.5. The summed E-state index contributed by atoms with van der Waals surface area (Å²) in [5.74, 6) is 0.149. The first-order valence-corrected chi connectivity index (χ1v) is 6.50. The Kier molecular flexibility index (Phi) is 3.75. The third kappa shape index (κ3) is 3.44. The Bertz CT molecular complexity index is 442. The lowest BCUT2D eigenvalue weighted by Crippen LogP contribution is -2.36. The van der Waals surface area contributed by atoms with Gasteiger partial charge in [-0.2, -0.15) is 0 Å². The van der Waals surface area contributed by atoms with E-state index in [4.69, 9.17) is 10.5 Å². The maximum atomic E-state index is 12.0. The molecule has 0 aromatic carbocycles. The summed E-state index contributed by atoms with van der Waals surface area (Å²) in [6.07, 6.45) is 3.20. The van der Waals surface area contributed by atoms with Crippen LogP contribution >= 0.6 is 0 Å². The molecule has 19 heavy (non-hydrogen) atoms. The van der Waals surface area contributed by atoms with E-state index in [0.29, 0.717) is 13.1 Å². The van der Waals surface area contributed by atoms with Gasteiger partial charge >= 0.3 is 6.09 Å². The zero-order chi connectivity index (χ0) is 14.0. The molecular weight excluding hydrogens is 242 g/mol. The Balaban J connectivity index is 2.04. The lowest BCUT2D eigenvalue weighted by molar-refractivity contribution is 0.0290. The number of hydrogen-bond donors (Lipinski definition) is 1. The maximum absolute atomic E-state index is 12.0. The van der Waals surface area contributed by atoms with Crippen molar-refractivity contribution in [3.8, 4) is 0 Å². The highest BCUT2D eigenvalue weighted by molar-refractivity contribution is 5.69. The molecule has 2 heterocycles. The second-order valence-corrected chi connectivity index (χ2v) is 5.94. The van der Waals surface area contributed by atoms with Crippen molar-refractivity contribution in [3.05, 3.63) is 30.1 Å². The van der Waals surface area contributed by atoms with E-state index in [1.165, 1.54) is 0 Å². The van der Waals surface area contributed by atoms with Gasteiger partial charge in [-0.1, -0.05) is 0 Å². The third-order valence-electron chi connectivity index (χ3n) is 3.15. The molecule has 0 aliphatic carbocycles. The average molecular weight is 263 g/mol. The molecule has 0 bridgehead atoms. The molecule has 1 aromatic heterocycles. The van der Waals surface area contributed by atoms with Crippen molar-refractivity contribution in [1.29, 1.82) is 0 Å². The van der Waals surface area contributed by atoms with Crippen LogP contribution < -0.4 is 5.73 Å². The van der Waals surface area contributed by atoms with Crippen molar-refractivity contribution in [2.24, 2.45) is 5.73 Å². The van der Waals surface area contributed by atoms with Gasteiger partial charge in [0.1, 0.15) is 5.60 Å². The molecule has 1 fully saturated rings. The van der Waals surface area contributed by atoms with Crippen molar-refractivity contribution in [1.82, 2.24) is 9.88 Å². The van der Waals surface area contributed by atoms with E-state index in [2.05, 4.69) is 4.98 Å². The van der Waals surface area contributed by atoms with E-state index in [9.17, 15) is 4.79 Å². The lowest BCUT2D eigenvalue weighted by Gasteiger charge is -2.24. The number of likely N-dealkylation sites (tertiary alicyclic amines) is 1. The molecule has 2 unspecified atom stereocenters. The number of ether oxygens (including phenoxy) is 1. The van der Waals surface area contributed by atoms with Gasteiger partial charge in [-0.25, -0.2) is 4.79 Å². The third-order valence-corrected chi connectivity index (χ3v) is 3.15. The topological polar surface area (TPSA) is 68.5 Å². The van der Waals surface area contributed by atoms with Gasteiger partial charge in [-0.05, 0) is 38.5 Å². The van der Waals surface area contributed by atoms with Gasteiger partial charge in [-0.3, -0.25) is 4.98 Å². The first-order valence-electron chi connectivity index (χ1n) is 6.50. The fourth-order valence-electron chi connectivity index (χ4n) is 2.27. The quantitative estimate of drug-likeness (QED) is 0.838. The van der Waals surface area contributed by atoms with E-state index in [-0.39, 0.29) is 18.1 Å². The van der Waals surface area contributed by atoms with Crippen LogP contribution in [0.1, 0.15) is 32.3 Å². The standard InChI is InChI=1S/C14H21N3O2/c1-14(2,3)19-13(18)17-8-11(12(15)9-17)10-4-6-16-7-5-10/h4-7,11-12H,8-9,15H2,1-3H3. The predicted molar refractivity (Wildman–Crippen MR) is 72.8 cm³/mol. The van der Waals surface area contributed by atoms with Gasteiger partial charge < -0.3 is 15.4 Å². The first kappa shape index (κ1) is 13.8. The highest BCUT2D eigenvalue weighted by Crippen LogP contribution is 2.27. The van der Waals surface area contributed by atoms with Crippen LogP contribution in [0.5, 0.6) is 0 Å². The van der Waals surface area contributed by atoms with Gasteiger partial charge in [0, 0.05) is 37.4 Å². The fourth-order valence-corrected chi connectivity index (χ4v) is 2.27. The second-order valence-electron chi connectivity index (χ2n) is 5.94. The summed E-state index contributed by atoms with van der Waals surface area (Å²) in [6, 6.07) is 3.83. The van der Waals surface area contributed by atoms with E-state index >= 15 is 0 Å². The number of carbonyl (C=O) groups is 1. The van der Waals surface area contributed by atoms with Crippen molar-refractivity contribution in [2.75, 3.05) is 13.1 Å². The van der Waals surface area contributed by atoms with E-state index in [0.717, 1.165) is 5.56 Å². The summed E-state index contributed by atoms with van der Waals surface area (Å²) >= 11 is 0. The molecule has 0 radical (unpaired) electrons. The smallest absolute Gasteiger partial charge is 0.410 e. The molecule has 2 N–H and O–H groups in total. The second kappa shape index (κ2) is 5.17. The van der Waals surface area contributed by atoms with Crippen LogP contribution in [0, 0.1) is 0 Å². The van der Waals surface area contributed by atoms with Crippen LogP contribution in [0.4, 0.5) is 4.79 Å². The number of hydrogen-bond acceptors (Lipinski definition) is 4. The summed E-state index contributed by atoms with van der Waals surface area (Å²) in [6.45, 7) is 6.71. The highest BCUT2D eigenvalue weighted by atomic mass is 16.6. The molecule has 1 aliphatic rings. The molecule has 104 valence electrons. The van der Waals surface area contributed by atoms with Crippen LogP contribution in [0.25, 0.3) is 0 Å². The molecular formula is C14H21N3O2. The van der Waals surface area contributed by atoms with Crippen LogP contribution in [-0.4, -0.2) is 40.7 Å². The van der Waals surface area contributed by atoms with Crippen molar-refractivity contribution in [3.63, 3.8) is 0 Å². The van der Waals surface area contributed by atoms with Crippen LogP contribution in [-0.2, 0) is 4.74 Å². The van der Waals surface area contributed by atoms with Crippen molar-refractivity contribution in [2.45, 2.75) is 38.3 Å². The predicted octanol–water partition coefficient (Wildman–Crippen LogP) is 1.74. The summed E-state index contributed by atoms with van der Waals surface area (Å²) in [4.78, 5) is 17.7. The number of amides is 1. The van der Waals surface area contributed by atoms with Gasteiger partial charge in [0.05, 0.1) is 0 Å². The van der Waals surface area contributed by atoms with Crippen molar-refractivity contribution < 1.29 is 9.53 Å².